The van der Waals surface area contributed by atoms with Gasteiger partial charge in [-0.1, -0.05) is 40.2 Å². The molecule has 0 amide bonds. The van der Waals surface area contributed by atoms with Gasteiger partial charge in [0.2, 0.25) is 0 Å². The minimum Gasteiger partial charge on any atom is -0.466 e. The zero-order chi connectivity index (χ0) is 15.1. The number of rotatable bonds is 7. The summed E-state index contributed by atoms with van der Waals surface area (Å²) in [5.41, 5.74) is 0. The fourth-order valence-corrected chi connectivity index (χ4v) is 2.93. The van der Waals surface area contributed by atoms with Gasteiger partial charge in [0.05, 0.1) is 7.11 Å². The van der Waals surface area contributed by atoms with E-state index in [2.05, 4.69) is 45.5 Å². The summed E-state index contributed by atoms with van der Waals surface area (Å²) in [6.45, 7) is 13.4. The highest BCUT2D eigenvalue weighted by molar-refractivity contribution is 6.74. The number of methoxy groups -OCH3 is 1. The van der Waals surface area contributed by atoms with Gasteiger partial charge in [-0.05, 0) is 31.0 Å². The molecule has 3 nitrogen and oxygen atoms in total. The molecule has 0 aromatic carbocycles. The molecule has 0 aliphatic carbocycles. The molecule has 0 unspecified atom stereocenters. The van der Waals surface area contributed by atoms with Crippen molar-refractivity contribution in [2.45, 2.75) is 71.2 Å². The minimum absolute atomic E-state index is 0.201. The van der Waals surface area contributed by atoms with Gasteiger partial charge in [0.25, 0.3) is 0 Å². The molecule has 4 heteroatoms. The van der Waals surface area contributed by atoms with E-state index < -0.39 is 8.32 Å². The fraction of sp³-hybridized carbons (Fsp3) is 0.800. The monoisotopic (exact) mass is 286 g/mol. The Labute approximate surface area is 119 Å². The molecule has 0 aromatic heterocycles. The van der Waals surface area contributed by atoms with Gasteiger partial charge in [-0.2, -0.15) is 0 Å². The van der Waals surface area contributed by atoms with Crippen molar-refractivity contribution in [3.63, 3.8) is 0 Å². The Bertz CT molecular complexity index is 303. The van der Waals surface area contributed by atoms with Gasteiger partial charge in [-0.25, -0.2) is 4.79 Å². The van der Waals surface area contributed by atoms with E-state index in [1.807, 2.05) is 6.08 Å². The van der Waals surface area contributed by atoms with Gasteiger partial charge in [0.1, 0.15) is 0 Å². The first-order valence-electron chi connectivity index (χ1n) is 7.06. The molecule has 0 rings (SSSR count). The highest BCUT2D eigenvalue weighted by Gasteiger charge is 2.38. The first kappa shape index (κ1) is 18.4. The van der Waals surface area contributed by atoms with E-state index in [0.717, 1.165) is 19.3 Å². The van der Waals surface area contributed by atoms with Crippen LogP contribution in [0, 0.1) is 0 Å². The molecule has 0 fully saturated rings. The van der Waals surface area contributed by atoms with Crippen LogP contribution >= 0.6 is 0 Å². The molecule has 0 heterocycles. The third-order valence-corrected chi connectivity index (χ3v) is 8.27. The number of esters is 1. The van der Waals surface area contributed by atoms with Gasteiger partial charge in [0.15, 0.2) is 8.32 Å². The second-order valence-corrected chi connectivity index (χ2v) is 11.2. The zero-order valence-corrected chi connectivity index (χ0v) is 14.6. The second-order valence-electron chi connectivity index (χ2n) is 6.45. The maximum atomic E-state index is 11.1. The van der Waals surface area contributed by atoms with Crippen LogP contribution in [0.4, 0.5) is 0 Å². The summed E-state index contributed by atoms with van der Waals surface area (Å²) in [6.07, 6.45) is 6.43. The lowest BCUT2D eigenvalue weighted by Crippen LogP contribution is -2.43. The van der Waals surface area contributed by atoms with E-state index in [9.17, 15) is 4.79 Å². The van der Waals surface area contributed by atoms with Crippen LogP contribution in [-0.2, 0) is 14.0 Å². The van der Waals surface area contributed by atoms with Crippen LogP contribution in [0.3, 0.4) is 0 Å². The lowest BCUT2D eigenvalue weighted by Gasteiger charge is -2.39. The normalized spacial score (nSPS) is 14.7. The van der Waals surface area contributed by atoms with E-state index in [0.29, 0.717) is 0 Å². The summed E-state index contributed by atoms with van der Waals surface area (Å²) < 4.78 is 11.0. The molecule has 0 N–H and O–H groups in total. The molecule has 1 atom stereocenters. The average molecular weight is 286 g/mol. The van der Waals surface area contributed by atoms with Crippen molar-refractivity contribution >= 4 is 14.3 Å². The summed E-state index contributed by atoms with van der Waals surface area (Å²) in [5, 5.41) is 0.213. The topological polar surface area (TPSA) is 35.5 Å². The van der Waals surface area contributed by atoms with Crippen molar-refractivity contribution in [3.05, 3.63) is 12.2 Å². The Balaban J connectivity index is 4.58. The van der Waals surface area contributed by atoms with E-state index >= 15 is 0 Å². The van der Waals surface area contributed by atoms with Crippen LogP contribution in [0.2, 0.25) is 18.1 Å². The van der Waals surface area contributed by atoms with Crippen LogP contribution in [0.25, 0.3) is 0 Å². The number of hydrogen-bond acceptors (Lipinski definition) is 3. The van der Waals surface area contributed by atoms with E-state index in [4.69, 9.17) is 4.43 Å². The van der Waals surface area contributed by atoms with Gasteiger partial charge in [-0.15, -0.1) is 0 Å². The maximum absolute atomic E-state index is 11.1. The maximum Gasteiger partial charge on any atom is 0.330 e. The molecule has 0 radical (unpaired) electrons. The molecule has 0 saturated heterocycles. The average Bonchev–Trinajstić information content (AvgIpc) is 2.27. The standard InChI is InChI=1S/C15H30O3Si/c1-8-10-13(11-9-12-14(16)17-5)18-19(6,7)15(2,3)4/h9,12-13H,8,10-11H2,1-7H3/b12-9-/t13-/m0/s1. The van der Waals surface area contributed by atoms with Crippen molar-refractivity contribution in [2.75, 3.05) is 7.11 Å². The number of carbonyl (C=O) groups is 1. The quantitative estimate of drug-likeness (QED) is 0.398. The van der Waals surface area contributed by atoms with Gasteiger partial charge >= 0.3 is 5.97 Å². The van der Waals surface area contributed by atoms with E-state index in [1.165, 1.54) is 13.2 Å². The van der Waals surface area contributed by atoms with Crippen molar-refractivity contribution in [2.24, 2.45) is 0 Å². The number of hydrogen-bond donors (Lipinski definition) is 0. The SMILES string of the molecule is CCC[C@@H](C/C=C\C(=O)OC)O[Si](C)(C)C(C)(C)C. The van der Waals surface area contributed by atoms with Crippen LogP contribution < -0.4 is 0 Å². The lowest BCUT2D eigenvalue weighted by molar-refractivity contribution is -0.134. The third kappa shape index (κ3) is 6.92. The molecule has 0 aliphatic rings. The molecule has 0 saturated carbocycles. The van der Waals surface area contributed by atoms with Crippen molar-refractivity contribution < 1.29 is 14.0 Å². The largest absolute Gasteiger partial charge is 0.466 e. The predicted octanol–water partition coefficient (Wildman–Crippen LogP) is 4.30. The summed E-state index contributed by atoms with van der Waals surface area (Å²) >= 11 is 0. The summed E-state index contributed by atoms with van der Waals surface area (Å²) in [4.78, 5) is 11.1. The molecule has 0 aromatic rings. The Morgan fingerprint density at radius 3 is 2.32 bits per heavy atom. The highest BCUT2D eigenvalue weighted by Crippen LogP contribution is 2.38. The molecule has 0 bridgehead atoms. The Morgan fingerprint density at radius 1 is 1.32 bits per heavy atom. The van der Waals surface area contributed by atoms with Crippen LogP contribution in [0.1, 0.15) is 47.0 Å². The lowest BCUT2D eigenvalue weighted by atomic mass is 10.1. The first-order valence-corrected chi connectivity index (χ1v) is 9.97. The zero-order valence-electron chi connectivity index (χ0n) is 13.6. The van der Waals surface area contributed by atoms with Gasteiger partial charge in [-0.3, -0.25) is 0 Å². The molecule has 112 valence electrons. The summed E-state index contributed by atoms with van der Waals surface area (Å²) in [5.74, 6) is -0.303. The van der Waals surface area contributed by atoms with Crippen molar-refractivity contribution in [1.82, 2.24) is 0 Å². The smallest absolute Gasteiger partial charge is 0.330 e. The van der Waals surface area contributed by atoms with E-state index in [-0.39, 0.29) is 17.1 Å². The molecule has 0 aliphatic heterocycles. The van der Waals surface area contributed by atoms with Crippen LogP contribution in [-0.4, -0.2) is 27.5 Å². The number of carbonyl (C=O) groups excluding carboxylic acids is 1. The van der Waals surface area contributed by atoms with Crippen molar-refractivity contribution in [3.8, 4) is 0 Å². The highest BCUT2D eigenvalue weighted by atomic mass is 28.4. The summed E-state index contributed by atoms with van der Waals surface area (Å²) in [6, 6.07) is 0. The Kier molecular flexibility index (Phi) is 7.60. The van der Waals surface area contributed by atoms with Crippen LogP contribution in [0.15, 0.2) is 12.2 Å². The molecule has 19 heavy (non-hydrogen) atoms. The molecule has 0 spiro atoms. The minimum atomic E-state index is -1.74. The van der Waals surface area contributed by atoms with Crippen LogP contribution in [0.5, 0.6) is 0 Å². The fourth-order valence-electron chi connectivity index (χ4n) is 1.52. The van der Waals surface area contributed by atoms with Gasteiger partial charge < -0.3 is 9.16 Å². The molecular weight excluding hydrogens is 256 g/mol. The number of ether oxygens (including phenoxy) is 1. The molecular formula is C15H30O3Si. The first-order chi connectivity index (χ1) is 8.64. The Morgan fingerprint density at radius 2 is 1.89 bits per heavy atom. The third-order valence-electron chi connectivity index (χ3n) is 3.73. The van der Waals surface area contributed by atoms with Gasteiger partial charge in [0, 0.05) is 12.2 Å². The predicted molar refractivity (Wildman–Crippen MR) is 82.8 cm³/mol. The summed E-state index contributed by atoms with van der Waals surface area (Å²) in [7, 11) is -0.350. The van der Waals surface area contributed by atoms with Crippen molar-refractivity contribution in [1.29, 1.82) is 0 Å². The second kappa shape index (κ2) is 7.85. The van der Waals surface area contributed by atoms with E-state index in [1.54, 1.807) is 0 Å². The Hall–Kier alpha value is -0.613.